The second kappa shape index (κ2) is 7.16. The monoisotopic (exact) mass is 408 g/mol. The van der Waals surface area contributed by atoms with Crippen LogP contribution in [0, 0.1) is 20.8 Å². The largest absolute Gasteiger partial charge is 0.280 e. The third-order valence-electron chi connectivity index (χ3n) is 4.62. The van der Waals surface area contributed by atoms with Crippen molar-refractivity contribution in [1.82, 2.24) is 0 Å². The summed E-state index contributed by atoms with van der Waals surface area (Å²) in [6, 6.07) is 10.4. The minimum absolute atomic E-state index is 0.125. The molecule has 0 atom stereocenters. The van der Waals surface area contributed by atoms with E-state index in [-0.39, 0.29) is 10.6 Å². The molecule has 1 aliphatic heterocycles. The van der Waals surface area contributed by atoms with Gasteiger partial charge in [-0.25, -0.2) is 16.8 Å². The lowest BCUT2D eigenvalue weighted by atomic mass is 10.1. The summed E-state index contributed by atoms with van der Waals surface area (Å²) in [5.74, 6) is 0.125. The normalized spacial score (nSPS) is 16.9. The van der Waals surface area contributed by atoms with Crippen molar-refractivity contribution in [1.29, 1.82) is 0 Å². The lowest BCUT2D eigenvalue weighted by Gasteiger charge is -2.29. The second-order valence-corrected chi connectivity index (χ2v) is 10.6. The number of nitrogens with one attached hydrogen (secondary N) is 1. The summed E-state index contributed by atoms with van der Waals surface area (Å²) in [7, 11) is -7.13. The molecule has 0 spiro atoms. The molecule has 2 aromatic rings. The van der Waals surface area contributed by atoms with Gasteiger partial charge in [-0.1, -0.05) is 12.1 Å². The van der Waals surface area contributed by atoms with E-state index in [9.17, 15) is 16.8 Å². The number of rotatable bonds is 4. The molecular weight excluding hydrogens is 384 g/mol. The number of hydrogen-bond donors (Lipinski definition) is 1. The van der Waals surface area contributed by atoms with Gasteiger partial charge in [0.15, 0.2) is 0 Å². The average Bonchev–Trinajstić information content (AvgIpc) is 2.52. The molecule has 8 heteroatoms. The van der Waals surface area contributed by atoms with Crippen LogP contribution in [0.3, 0.4) is 0 Å². The van der Waals surface area contributed by atoms with Crippen molar-refractivity contribution in [2.75, 3.05) is 21.3 Å². The molecule has 0 radical (unpaired) electrons. The average molecular weight is 409 g/mol. The van der Waals surface area contributed by atoms with Gasteiger partial charge in [-0.05, 0) is 74.6 Å². The van der Waals surface area contributed by atoms with Crippen LogP contribution in [0.5, 0.6) is 0 Å². The van der Waals surface area contributed by atoms with Gasteiger partial charge in [-0.15, -0.1) is 0 Å². The molecule has 0 bridgehead atoms. The van der Waals surface area contributed by atoms with Gasteiger partial charge in [0, 0.05) is 12.2 Å². The summed E-state index contributed by atoms with van der Waals surface area (Å²) in [6.45, 7) is 5.70. The van der Waals surface area contributed by atoms with Gasteiger partial charge in [0.05, 0.1) is 16.3 Å². The Morgan fingerprint density at radius 3 is 2.26 bits per heavy atom. The van der Waals surface area contributed by atoms with E-state index in [0.717, 1.165) is 12.0 Å². The van der Waals surface area contributed by atoms with Crippen LogP contribution >= 0.6 is 0 Å². The number of nitrogens with zero attached hydrogens (tertiary/aromatic N) is 1. The fraction of sp³-hybridized carbons (Fsp3) is 0.368. The zero-order valence-electron chi connectivity index (χ0n) is 15.7. The van der Waals surface area contributed by atoms with E-state index in [2.05, 4.69) is 4.72 Å². The van der Waals surface area contributed by atoms with Crippen molar-refractivity contribution in [2.24, 2.45) is 0 Å². The predicted molar refractivity (Wildman–Crippen MR) is 108 cm³/mol. The van der Waals surface area contributed by atoms with Crippen LogP contribution in [-0.4, -0.2) is 29.1 Å². The first-order chi connectivity index (χ1) is 12.6. The minimum Gasteiger partial charge on any atom is -0.280 e. The van der Waals surface area contributed by atoms with E-state index in [0.29, 0.717) is 35.5 Å². The molecule has 2 aromatic carbocycles. The Bertz CT molecular complexity index is 1050. The SMILES string of the molecule is Cc1cccc(NS(=O)(=O)c2c(C)cc(N3CCCCS3(=O)=O)cc2C)c1. The molecule has 0 aromatic heterocycles. The van der Waals surface area contributed by atoms with E-state index < -0.39 is 20.0 Å². The predicted octanol–water partition coefficient (Wildman–Crippen LogP) is 3.34. The van der Waals surface area contributed by atoms with Gasteiger partial charge in [-0.2, -0.15) is 0 Å². The molecule has 1 saturated heterocycles. The van der Waals surface area contributed by atoms with Crippen LogP contribution in [0.25, 0.3) is 0 Å². The Hall–Kier alpha value is -2.06. The van der Waals surface area contributed by atoms with Gasteiger partial charge in [0.1, 0.15) is 0 Å². The van der Waals surface area contributed by atoms with E-state index in [1.54, 1.807) is 44.2 Å². The maximum Gasteiger partial charge on any atom is 0.262 e. The molecule has 6 nitrogen and oxygen atoms in total. The second-order valence-electron chi connectivity index (χ2n) is 6.98. The third-order valence-corrected chi connectivity index (χ3v) is 8.18. The molecule has 1 aliphatic rings. The maximum atomic E-state index is 12.9. The lowest BCUT2D eigenvalue weighted by molar-refractivity contribution is 0.574. The Morgan fingerprint density at radius 2 is 1.67 bits per heavy atom. The zero-order chi connectivity index (χ0) is 19.8. The molecule has 1 heterocycles. The van der Waals surface area contributed by atoms with Gasteiger partial charge in [0.2, 0.25) is 10.0 Å². The van der Waals surface area contributed by atoms with Crippen LogP contribution in [0.4, 0.5) is 11.4 Å². The first kappa shape index (κ1) is 19.7. The molecule has 0 saturated carbocycles. The van der Waals surface area contributed by atoms with Crippen LogP contribution < -0.4 is 9.03 Å². The Labute approximate surface area is 161 Å². The van der Waals surface area contributed by atoms with Gasteiger partial charge < -0.3 is 0 Å². The van der Waals surface area contributed by atoms with Crippen LogP contribution in [-0.2, 0) is 20.0 Å². The van der Waals surface area contributed by atoms with Crippen molar-refractivity contribution in [3.63, 3.8) is 0 Å². The molecule has 1 fully saturated rings. The zero-order valence-corrected chi connectivity index (χ0v) is 17.3. The topological polar surface area (TPSA) is 83.6 Å². The number of anilines is 2. The van der Waals surface area contributed by atoms with Crippen molar-refractivity contribution in [2.45, 2.75) is 38.5 Å². The summed E-state index contributed by atoms with van der Waals surface area (Å²) >= 11 is 0. The first-order valence-electron chi connectivity index (χ1n) is 8.81. The molecule has 0 unspecified atom stereocenters. The van der Waals surface area contributed by atoms with Gasteiger partial charge in [0.25, 0.3) is 10.0 Å². The number of sulfonamides is 2. The van der Waals surface area contributed by atoms with Gasteiger partial charge >= 0.3 is 0 Å². The van der Waals surface area contributed by atoms with Crippen LogP contribution in [0.1, 0.15) is 29.5 Å². The van der Waals surface area contributed by atoms with Crippen molar-refractivity contribution in [3.8, 4) is 0 Å². The van der Waals surface area contributed by atoms with E-state index >= 15 is 0 Å². The smallest absolute Gasteiger partial charge is 0.262 e. The Morgan fingerprint density at radius 1 is 1.00 bits per heavy atom. The highest BCUT2D eigenvalue weighted by molar-refractivity contribution is 7.93. The van der Waals surface area contributed by atoms with Gasteiger partial charge in [-0.3, -0.25) is 9.03 Å². The highest BCUT2D eigenvalue weighted by Crippen LogP contribution is 2.31. The van der Waals surface area contributed by atoms with Crippen molar-refractivity contribution in [3.05, 3.63) is 53.1 Å². The van der Waals surface area contributed by atoms with E-state index in [1.807, 2.05) is 13.0 Å². The molecule has 27 heavy (non-hydrogen) atoms. The number of hydrogen-bond acceptors (Lipinski definition) is 4. The van der Waals surface area contributed by atoms with Crippen molar-refractivity contribution < 1.29 is 16.8 Å². The summed E-state index contributed by atoms with van der Waals surface area (Å²) in [5.41, 5.74) is 3.02. The van der Waals surface area contributed by atoms with Crippen LogP contribution in [0.2, 0.25) is 0 Å². The molecule has 0 amide bonds. The summed E-state index contributed by atoms with van der Waals surface area (Å²) in [6.07, 6.45) is 1.45. The molecule has 146 valence electrons. The fourth-order valence-corrected chi connectivity index (χ4v) is 6.62. The van der Waals surface area contributed by atoms with E-state index in [4.69, 9.17) is 0 Å². The highest BCUT2D eigenvalue weighted by atomic mass is 32.2. The minimum atomic E-state index is -3.79. The number of aryl methyl sites for hydroxylation is 3. The summed E-state index contributed by atoms with van der Waals surface area (Å²) in [5, 5.41) is 0. The number of benzene rings is 2. The Balaban J connectivity index is 2.00. The quantitative estimate of drug-likeness (QED) is 0.841. The van der Waals surface area contributed by atoms with E-state index in [1.165, 1.54) is 4.31 Å². The molecule has 0 aliphatic carbocycles. The Kier molecular flexibility index (Phi) is 5.22. The lowest BCUT2D eigenvalue weighted by Crippen LogP contribution is -2.38. The molecule has 1 N–H and O–H groups in total. The summed E-state index contributed by atoms with van der Waals surface area (Å²) < 4.78 is 54.6. The fourth-order valence-electron chi connectivity index (χ4n) is 3.49. The first-order valence-corrected chi connectivity index (χ1v) is 11.9. The molecule has 3 rings (SSSR count). The standard InChI is InChI=1S/C19H24N2O4S2/c1-14-7-6-8-17(11-14)20-27(24,25)19-15(2)12-18(13-16(19)3)21-9-4-5-10-26(21,22)23/h6-8,11-13,20H,4-5,9-10H2,1-3H3. The van der Waals surface area contributed by atoms with Crippen LogP contribution in [0.15, 0.2) is 41.3 Å². The van der Waals surface area contributed by atoms with Crippen molar-refractivity contribution >= 4 is 31.4 Å². The highest BCUT2D eigenvalue weighted by Gasteiger charge is 2.28. The third kappa shape index (κ3) is 4.11. The maximum absolute atomic E-state index is 12.9. The molecular formula is C19H24N2O4S2. The summed E-state index contributed by atoms with van der Waals surface area (Å²) in [4.78, 5) is 0.183.